The number of hydrogen-bond donors (Lipinski definition) is 1. The van der Waals surface area contributed by atoms with E-state index in [0.717, 1.165) is 44.1 Å². The molecular formula is C17H23F3OS. The van der Waals surface area contributed by atoms with Crippen LogP contribution in [0.5, 0.6) is 0 Å². The highest BCUT2D eigenvalue weighted by molar-refractivity contribution is 7.97. The topological polar surface area (TPSA) is 17.1 Å². The molecule has 0 aromatic heterocycles. The summed E-state index contributed by atoms with van der Waals surface area (Å²) in [6.07, 6.45) is 1.94. The highest BCUT2D eigenvalue weighted by Gasteiger charge is 2.25. The summed E-state index contributed by atoms with van der Waals surface area (Å²) < 4.78 is 35.9. The zero-order valence-electron chi connectivity index (χ0n) is 12.7. The normalized spacial score (nSPS) is 11.6. The Labute approximate surface area is 135 Å². The molecule has 5 heteroatoms. The molecule has 0 radical (unpaired) electrons. The number of carbonyl (C=O) groups excluding carboxylic acids is 1. The number of hydrogen-bond acceptors (Lipinski definition) is 1. The van der Waals surface area contributed by atoms with Gasteiger partial charge in [0.2, 0.25) is 5.12 Å². The first-order valence-electron chi connectivity index (χ1n) is 7.78. The molecule has 0 amide bonds. The lowest BCUT2D eigenvalue weighted by molar-refractivity contribution is -0.135. The van der Waals surface area contributed by atoms with Crippen LogP contribution in [0.2, 0.25) is 0 Å². The van der Waals surface area contributed by atoms with Crippen molar-refractivity contribution in [3.05, 3.63) is 35.4 Å². The minimum Gasteiger partial charge on any atom is -0.282 e. The number of alkyl halides is 3. The summed E-state index contributed by atoms with van der Waals surface area (Å²) in [6, 6.07) is 7.47. The zero-order valence-corrected chi connectivity index (χ0v) is 13.6. The van der Waals surface area contributed by atoms with Gasteiger partial charge in [0, 0.05) is 12.0 Å². The lowest BCUT2D eigenvalue weighted by atomic mass is 10.0. The van der Waals surface area contributed by atoms with E-state index in [4.69, 9.17) is 0 Å². The molecular weight excluding hydrogens is 309 g/mol. The number of unbranched alkanes of at least 4 members (excludes halogenated alkanes) is 6. The molecule has 0 N–H and O–H groups in total. The number of rotatable bonds is 10. The van der Waals surface area contributed by atoms with Crippen LogP contribution in [-0.4, -0.2) is 11.3 Å². The molecule has 0 atom stereocenters. The van der Waals surface area contributed by atoms with E-state index in [1.807, 2.05) is 18.2 Å². The maximum absolute atomic E-state index is 12.0. The fourth-order valence-corrected chi connectivity index (χ4v) is 2.69. The number of benzene rings is 1. The van der Waals surface area contributed by atoms with Crippen molar-refractivity contribution in [1.82, 2.24) is 0 Å². The summed E-state index contributed by atoms with van der Waals surface area (Å²) in [4.78, 5) is 11.4. The van der Waals surface area contributed by atoms with E-state index < -0.39 is 12.6 Å². The SMILES string of the molecule is O=C(S)c1ccccc1CCCCCCCCCC(F)(F)F. The summed E-state index contributed by atoms with van der Waals surface area (Å²) in [5.74, 6) is 0. The molecule has 1 aromatic carbocycles. The average molecular weight is 332 g/mol. The Morgan fingerprint density at radius 2 is 1.45 bits per heavy atom. The number of aryl methyl sites for hydroxylation is 1. The minimum atomic E-state index is -4.02. The second kappa shape index (κ2) is 9.93. The van der Waals surface area contributed by atoms with Crippen LogP contribution in [0.25, 0.3) is 0 Å². The van der Waals surface area contributed by atoms with Crippen LogP contribution >= 0.6 is 12.6 Å². The summed E-state index contributed by atoms with van der Waals surface area (Å²) >= 11 is 3.87. The van der Waals surface area contributed by atoms with Gasteiger partial charge in [0.05, 0.1) is 0 Å². The lowest BCUT2D eigenvalue weighted by Gasteiger charge is -2.07. The van der Waals surface area contributed by atoms with Crippen molar-refractivity contribution in [2.24, 2.45) is 0 Å². The van der Waals surface area contributed by atoms with Crippen molar-refractivity contribution < 1.29 is 18.0 Å². The second-order valence-electron chi connectivity index (χ2n) is 5.55. The predicted molar refractivity (Wildman–Crippen MR) is 86.5 cm³/mol. The van der Waals surface area contributed by atoms with Gasteiger partial charge in [0.25, 0.3) is 0 Å². The van der Waals surface area contributed by atoms with E-state index in [1.165, 1.54) is 0 Å². The summed E-state index contributed by atoms with van der Waals surface area (Å²) in [7, 11) is 0. The molecule has 1 nitrogen and oxygen atoms in total. The summed E-state index contributed by atoms with van der Waals surface area (Å²) in [5.41, 5.74) is 1.69. The Bertz CT molecular complexity index is 457. The van der Waals surface area contributed by atoms with E-state index in [-0.39, 0.29) is 11.5 Å². The molecule has 22 heavy (non-hydrogen) atoms. The Balaban J connectivity index is 2.08. The fraction of sp³-hybridized carbons (Fsp3) is 0.588. The molecule has 0 unspecified atom stereocenters. The van der Waals surface area contributed by atoms with E-state index in [1.54, 1.807) is 6.07 Å². The van der Waals surface area contributed by atoms with Gasteiger partial charge in [-0.2, -0.15) is 13.2 Å². The largest absolute Gasteiger partial charge is 0.389 e. The second-order valence-corrected chi connectivity index (χ2v) is 5.96. The van der Waals surface area contributed by atoms with Gasteiger partial charge in [-0.3, -0.25) is 4.79 Å². The van der Waals surface area contributed by atoms with Gasteiger partial charge in [0.15, 0.2) is 0 Å². The maximum Gasteiger partial charge on any atom is 0.389 e. The lowest BCUT2D eigenvalue weighted by Crippen LogP contribution is -2.06. The molecule has 0 heterocycles. The predicted octanol–water partition coefficient (Wildman–Crippen LogP) is 5.98. The van der Waals surface area contributed by atoms with Gasteiger partial charge >= 0.3 is 6.18 Å². The first-order chi connectivity index (χ1) is 10.4. The van der Waals surface area contributed by atoms with Crippen LogP contribution in [-0.2, 0) is 6.42 Å². The van der Waals surface area contributed by atoms with Crippen molar-refractivity contribution >= 4 is 17.7 Å². The molecule has 0 fully saturated rings. The molecule has 1 rings (SSSR count). The Hall–Kier alpha value is -0.970. The van der Waals surface area contributed by atoms with E-state index in [0.29, 0.717) is 12.0 Å². The maximum atomic E-state index is 12.0. The van der Waals surface area contributed by atoms with Crippen LogP contribution in [0.3, 0.4) is 0 Å². The van der Waals surface area contributed by atoms with Gasteiger partial charge in [-0.1, -0.05) is 56.4 Å². The summed E-state index contributed by atoms with van der Waals surface area (Å²) in [5, 5.41) is -0.208. The number of halogens is 3. The monoisotopic (exact) mass is 332 g/mol. The van der Waals surface area contributed by atoms with Crippen LogP contribution in [0.15, 0.2) is 24.3 Å². The first kappa shape index (κ1) is 19.1. The molecule has 0 aliphatic rings. The Morgan fingerprint density at radius 1 is 0.909 bits per heavy atom. The third kappa shape index (κ3) is 8.47. The van der Waals surface area contributed by atoms with Crippen molar-refractivity contribution in [2.45, 2.75) is 64.0 Å². The minimum absolute atomic E-state index is 0.208. The van der Waals surface area contributed by atoms with Crippen molar-refractivity contribution in [2.75, 3.05) is 0 Å². The molecule has 0 spiro atoms. The molecule has 0 aliphatic heterocycles. The van der Waals surface area contributed by atoms with Crippen LogP contribution < -0.4 is 0 Å². The first-order valence-corrected chi connectivity index (χ1v) is 8.23. The third-order valence-electron chi connectivity index (χ3n) is 3.65. The molecule has 124 valence electrons. The molecule has 1 aromatic rings. The number of carbonyl (C=O) groups is 1. The molecule has 0 saturated carbocycles. The highest BCUT2D eigenvalue weighted by atomic mass is 32.1. The zero-order chi connectivity index (χ0) is 16.4. The quantitative estimate of drug-likeness (QED) is 0.412. The fourth-order valence-electron chi connectivity index (χ4n) is 2.47. The molecule has 0 bridgehead atoms. The van der Waals surface area contributed by atoms with Gasteiger partial charge in [0.1, 0.15) is 0 Å². The Morgan fingerprint density at radius 3 is 2.05 bits per heavy atom. The Kier molecular flexibility index (Phi) is 8.61. The summed E-state index contributed by atoms with van der Waals surface area (Å²) in [6.45, 7) is 0. The van der Waals surface area contributed by atoms with Gasteiger partial charge in [-0.05, 0) is 24.8 Å². The highest BCUT2D eigenvalue weighted by Crippen LogP contribution is 2.23. The van der Waals surface area contributed by atoms with Gasteiger partial charge in [-0.15, -0.1) is 12.6 Å². The van der Waals surface area contributed by atoms with Crippen LogP contribution in [0.1, 0.15) is 67.3 Å². The van der Waals surface area contributed by atoms with Crippen molar-refractivity contribution in [3.63, 3.8) is 0 Å². The number of thiol groups is 1. The van der Waals surface area contributed by atoms with Crippen LogP contribution in [0.4, 0.5) is 13.2 Å². The molecule has 0 saturated heterocycles. The van der Waals surface area contributed by atoms with Crippen molar-refractivity contribution in [3.8, 4) is 0 Å². The third-order valence-corrected chi connectivity index (χ3v) is 3.90. The smallest absolute Gasteiger partial charge is 0.282 e. The molecule has 0 aliphatic carbocycles. The van der Waals surface area contributed by atoms with Crippen LogP contribution in [0, 0.1) is 0 Å². The van der Waals surface area contributed by atoms with E-state index in [9.17, 15) is 18.0 Å². The van der Waals surface area contributed by atoms with Gasteiger partial charge < -0.3 is 0 Å². The average Bonchev–Trinajstić information content (AvgIpc) is 2.44. The standard InChI is InChI=1S/C17H23F3OS/c18-17(19,20)13-9-5-3-1-2-4-6-10-14-11-7-8-12-15(14)16(21)22/h7-8,11-12H,1-6,9-10,13H2,(H,21,22). The van der Waals surface area contributed by atoms with Gasteiger partial charge in [-0.25, -0.2) is 0 Å². The van der Waals surface area contributed by atoms with Crippen molar-refractivity contribution in [1.29, 1.82) is 0 Å². The van der Waals surface area contributed by atoms with E-state index in [2.05, 4.69) is 12.6 Å². The van der Waals surface area contributed by atoms with E-state index >= 15 is 0 Å².